The van der Waals surface area contributed by atoms with Gasteiger partial charge in [-0.3, -0.25) is 4.98 Å². The van der Waals surface area contributed by atoms with E-state index < -0.39 is 0 Å². The smallest absolute Gasteiger partial charge is 0.160 e. The van der Waals surface area contributed by atoms with Crippen molar-refractivity contribution >= 4 is 10.8 Å². The Morgan fingerprint density at radius 2 is 1.03 bits per heavy atom. The molecule has 0 aliphatic heterocycles. The molecule has 0 radical (unpaired) electrons. The van der Waals surface area contributed by atoms with Gasteiger partial charge >= 0.3 is 0 Å². The van der Waals surface area contributed by atoms with E-state index in [2.05, 4.69) is 151 Å². The first-order chi connectivity index (χ1) is 29.6. The summed E-state index contributed by atoms with van der Waals surface area (Å²) >= 11 is 0. The van der Waals surface area contributed by atoms with Gasteiger partial charge in [0.25, 0.3) is 0 Å². The Morgan fingerprint density at radius 3 is 1.70 bits per heavy atom. The average molecular weight is 769 g/mol. The van der Waals surface area contributed by atoms with Crippen molar-refractivity contribution in [2.24, 2.45) is 0 Å². The van der Waals surface area contributed by atoms with Crippen molar-refractivity contribution in [3.8, 4) is 84.5 Å². The molecule has 2 aliphatic carbocycles. The van der Waals surface area contributed by atoms with Gasteiger partial charge in [0.2, 0.25) is 0 Å². The molecule has 0 N–H and O–H groups in total. The molecule has 1 saturated carbocycles. The summed E-state index contributed by atoms with van der Waals surface area (Å²) in [5, 5.41) is 12.2. The van der Waals surface area contributed by atoms with Crippen molar-refractivity contribution in [2.75, 3.05) is 0 Å². The summed E-state index contributed by atoms with van der Waals surface area (Å²) in [6, 6.07) is 62.9. The first-order valence-corrected chi connectivity index (χ1v) is 20.9. The lowest BCUT2D eigenvalue weighted by atomic mass is 9.67. The summed E-state index contributed by atoms with van der Waals surface area (Å²) in [7, 11) is 0. The SMILES string of the molecule is N#Cc1ccc2c(c1)-c1ccc(-c3ccc(-c4ccc(-c5cc(-c6ccc(-c7cccnc7)cc6)nc(-c6ccccc6)n5)cc4)c4ccccc34)cc1C21CCCCC1. The van der Waals surface area contributed by atoms with Gasteiger partial charge < -0.3 is 0 Å². The Morgan fingerprint density at radius 1 is 0.433 bits per heavy atom. The molecule has 284 valence electrons. The van der Waals surface area contributed by atoms with Crippen molar-refractivity contribution in [3.05, 3.63) is 199 Å². The van der Waals surface area contributed by atoms with Crippen LogP contribution in [0.3, 0.4) is 0 Å². The van der Waals surface area contributed by atoms with E-state index in [1.54, 1.807) is 6.20 Å². The summed E-state index contributed by atoms with van der Waals surface area (Å²) in [4.78, 5) is 14.5. The highest BCUT2D eigenvalue weighted by Crippen LogP contribution is 2.56. The molecule has 4 heteroatoms. The molecule has 2 aromatic heterocycles. The maximum Gasteiger partial charge on any atom is 0.160 e. The molecule has 2 aliphatic rings. The minimum atomic E-state index is 0.0155. The zero-order valence-electron chi connectivity index (χ0n) is 33.1. The van der Waals surface area contributed by atoms with Crippen LogP contribution in [0.5, 0.6) is 0 Å². The molecule has 0 saturated heterocycles. The third kappa shape index (κ3) is 6.10. The predicted octanol–water partition coefficient (Wildman–Crippen LogP) is 14.1. The molecular formula is C56H40N4. The first kappa shape index (κ1) is 35.7. The summed E-state index contributed by atoms with van der Waals surface area (Å²) in [6.07, 6.45) is 9.74. The molecule has 9 aromatic rings. The van der Waals surface area contributed by atoms with Crippen LogP contribution in [0.4, 0.5) is 0 Å². The van der Waals surface area contributed by atoms with E-state index in [0.717, 1.165) is 63.2 Å². The van der Waals surface area contributed by atoms with Crippen LogP contribution in [0, 0.1) is 11.3 Å². The Kier molecular flexibility index (Phi) is 8.75. The van der Waals surface area contributed by atoms with Gasteiger partial charge in [0, 0.05) is 34.5 Å². The van der Waals surface area contributed by atoms with Crippen molar-refractivity contribution in [1.82, 2.24) is 15.0 Å². The van der Waals surface area contributed by atoms with Crippen molar-refractivity contribution in [1.29, 1.82) is 5.26 Å². The van der Waals surface area contributed by atoms with Gasteiger partial charge in [-0.15, -0.1) is 0 Å². The highest BCUT2D eigenvalue weighted by molar-refractivity contribution is 6.05. The van der Waals surface area contributed by atoms with E-state index in [1.807, 2.05) is 36.5 Å². The van der Waals surface area contributed by atoms with Gasteiger partial charge in [-0.2, -0.15) is 5.26 Å². The fraction of sp³-hybridized carbons (Fsp3) is 0.107. The lowest BCUT2D eigenvalue weighted by Gasteiger charge is -2.36. The number of rotatable bonds is 6. The Balaban J connectivity index is 0.956. The summed E-state index contributed by atoms with van der Waals surface area (Å²) < 4.78 is 0. The summed E-state index contributed by atoms with van der Waals surface area (Å²) in [5.41, 5.74) is 17.9. The Bertz CT molecular complexity index is 3100. The quantitative estimate of drug-likeness (QED) is 0.169. The number of hydrogen-bond acceptors (Lipinski definition) is 4. The van der Waals surface area contributed by atoms with Crippen LogP contribution < -0.4 is 0 Å². The third-order valence-corrected chi connectivity index (χ3v) is 12.9. The molecule has 0 unspecified atom stereocenters. The minimum Gasteiger partial charge on any atom is -0.264 e. The molecule has 7 aromatic carbocycles. The molecule has 2 heterocycles. The van der Waals surface area contributed by atoms with Gasteiger partial charge in [-0.25, -0.2) is 9.97 Å². The lowest BCUT2D eigenvalue weighted by Crippen LogP contribution is -2.28. The number of nitrogens with zero attached hydrogens (tertiary/aromatic N) is 4. The molecule has 1 fully saturated rings. The van der Waals surface area contributed by atoms with Crippen LogP contribution in [-0.2, 0) is 5.41 Å². The summed E-state index contributed by atoms with van der Waals surface area (Å²) in [5.74, 6) is 0.696. The number of hydrogen-bond donors (Lipinski definition) is 0. The molecule has 0 amide bonds. The number of fused-ring (bicyclic) bond motifs is 6. The van der Waals surface area contributed by atoms with Gasteiger partial charge in [0.05, 0.1) is 23.0 Å². The van der Waals surface area contributed by atoms with Gasteiger partial charge in [-0.1, -0.05) is 159 Å². The van der Waals surface area contributed by atoms with E-state index >= 15 is 0 Å². The van der Waals surface area contributed by atoms with Crippen molar-refractivity contribution < 1.29 is 0 Å². The summed E-state index contributed by atoms with van der Waals surface area (Å²) in [6.45, 7) is 0. The fourth-order valence-corrected chi connectivity index (χ4v) is 9.88. The standard InChI is InChI=1S/C56H40N4/c57-35-37-15-28-51-50(32-37)49-25-24-43(33-52(49)56(51)29-7-2-8-30-56)46-27-26-45(47-13-5-6-14-48(46)47)39-18-22-41(23-19-39)54-34-53(59-55(60-54)42-10-3-1-4-11-42)40-20-16-38(17-21-40)44-12-9-31-58-36-44/h1,3-6,9-28,31-34,36H,2,7-8,29-30H2. The van der Waals surface area contributed by atoms with Crippen LogP contribution in [0.2, 0.25) is 0 Å². The monoisotopic (exact) mass is 768 g/mol. The average Bonchev–Trinajstić information content (AvgIpc) is 3.58. The second kappa shape index (κ2) is 14.7. The largest absolute Gasteiger partial charge is 0.264 e. The van der Waals surface area contributed by atoms with E-state index in [-0.39, 0.29) is 5.41 Å². The zero-order chi connectivity index (χ0) is 40.0. The van der Waals surface area contributed by atoms with Crippen molar-refractivity contribution in [2.45, 2.75) is 37.5 Å². The lowest BCUT2D eigenvalue weighted by molar-refractivity contribution is 0.353. The molecule has 0 atom stereocenters. The second-order valence-corrected chi connectivity index (χ2v) is 16.2. The number of pyridine rings is 1. The normalized spacial score (nSPS) is 13.8. The molecular weight excluding hydrogens is 729 g/mol. The van der Waals surface area contributed by atoms with E-state index in [4.69, 9.17) is 9.97 Å². The molecule has 11 rings (SSSR count). The second-order valence-electron chi connectivity index (χ2n) is 16.2. The highest BCUT2D eigenvalue weighted by atomic mass is 14.9. The maximum atomic E-state index is 9.76. The molecule has 60 heavy (non-hydrogen) atoms. The predicted molar refractivity (Wildman–Crippen MR) is 244 cm³/mol. The number of aromatic nitrogens is 3. The molecule has 0 bridgehead atoms. The van der Waals surface area contributed by atoms with Crippen LogP contribution in [-0.4, -0.2) is 15.0 Å². The Hall–Kier alpha value is -7.48. The van der Waals surface area contributed by atoms with E-state index in [1.165, 1.54) is 69.0 Å². The third-order valence-electron chi connectivity index (χ3n) is 12.9. The van der Waals surface area contributed by atoms with Crippen LogP contribution >= 0.6 is 0 Å². The Labute approximate surface area is 350 Å². The molecule has 1 spiro atoms. The first-order valence-electron chi connectivity index (χ1n) is 20.9. The maximum absolute atomic E-state index is 9.76. The van der Waals surface area contributed by atoms with E-state index in [9.17, 15) is 5.26 Å². The van der Waals surface area contributed by atoms with Crippen molar-refractivity contribution in [3.63, 3.8) is 0 Å². The van der Waals surface area contributed by atoms with Gasteiger partial charge in [0.15, 0.2) is 5.82 Å². The van der Waals surface area contributed by atoms with Gasteiger partial charge in [-0.05, 0) is 110 Å². The van der Waals surface area contributed by atoms with Crippen LogP contribution in [0.25, 0.3) is 89.2 Å². The zero-order valence-corrected chi connectivity index (χ0v) is 33.1. The van der Waals surface area contributed by atoms with Gasteiger partial charge in [0.1, 0.15) is 0 Å². The highest BCUT2D eigenvalue weighted by Gasteiger charge is 2.44. The van der Waals surface area contributed by atoms with E-state index in [0.29, 0.717) is 5.82 Å². The number of benzene rings is 7. The molecule has 4 nitrogen and oxygen atoms in total. The fourth-order valence-electron chi connectivity index (χ4n) is 9.88. The van der Waals surface area contributed by atoms with Crippen LogP contribution in [0.15, 0.2) is 182 Å². The topological polar surface area (TPSA) is 62.5 Å². The number of nitriles is 1. The van der Waals surface area contributed by atoms with Crippen LogP contribution in [0.1, 0.15) is 48.8 Å². The minimum absolute atomic E-state index is 0.0155.